The quantitative estimate of drug-likeness (QED) is 0.398. The summed E-state index contributed by atoms with van der Waals surface area (Å²) in [7, 11) is 0. The summed E-state index contributed by atoms with van der Waals surface area (Å²) < 4.78 is 5.73. The lowest BCUT2D eigenvalue weighted by atomic mass is 10.1. The van der Waals surface area contributed by atoms with Gasteiger partial charge in [0.1, 0.15) is 23.2 Å². The lowest BCUT2D eigenvalue weighted by Gasteiger charge is -2.08. The van der Waals surface area contributed by atoms with Crippen LogP contribution < -0.4 is 5.32 Å². The van der Waals surface area contributed by atoms with Crippen LogP contribution in [0.15, 0.2) is 58.5 Å². The van der Waals surface area contributed by atoms with Gasteiger partial charge in [-0.3, -0.25) is 4.79 Å². The monoisotopic (exact) mass is 410 g/mol. The van der Waals surface area contributed by atoms with Gasteiger partial charge in [-0.05, 0) is 55.8 Å². The molecular formula is C22H16Cl2N2O2. The summed E-state index contributed by atoms with van der Waals surface area (Å²) in [6, 6.07) is 16.1. The first-order chi connectivity index (χ1) is 13.4. The SMILES string of the molecule is Cc1ccc(NC(=O)/C(C#N)=C/c2ccc(-c3ccc(Cl)c(Cl)c3)o2)c(C)c1. The van der Waals surface area contributed by atoms with Crippen molar-refractivity contribution in [3.05, 3.63) is 81.0 Å². The highest BCUT2D eigenvalue weighted by molar-refractivity contribution is 6.42. The number of halogens is 2. The highest BCUT2D eigenvalue weighted by Crippen LogP contribution is 2.30. The minimum Gasteiger partial charge on any atom is -0.457 e. The van der Waals surface area contributed by atoms with Gasteiger partial charge in [-0.15, -0.1) is 0 Å². The van der Waals surface area contributed by atoms with Crippen molar-refractivity contribution in [2.24, 2.45) is 0 Å². The van der Waals surface area contributed by atoms with Crippen LogP contribution in [-0.2, 0) is 4.79 Å². The topological polar surface area (TPSA) is 66.0 Å². The molecule has 2 aromatic carbocycles. The minimum absolute atomic E-state index is 0.0602. The third-order valence-corrected chi connectivity index (χ3v) is 4.85. The molecule has 3 rings (SSSR count). The average molecular weight is 411 g/mol. The van der Waals surface area contributed by atoms with Gasteiger partial charge in [0.15, 0.2) is 0 Å². The average Bonchev–Trinajstić information content (AvgIpc) is 3.13. The fourth-order valence-corrected chi connectivity index (χ4v) is 2.97. The highest BCUT2D eigenvalue weighted by atomic mass is 35.5. The van der Waals surface area contributed by atoms with Crippen LogP contribution in [0.4, 0.5) is 5.69 Å². The number of carbonyl (C=O) groups excluding carboxylic acids is 1. The fraction of sp³-hybridized carbons (Fsp3) is 0.0909. The zero-order valence-electron chi connectivity index (χ0n) is 15.2. The number of anilines is 1. The molecule has 0 aliphatic heterocycles. The summed E-state index contributed by atoms with van der Waals surface area (Å²) >= 11 is 12.0. The van der Waals surface area contributed by atoms with Crippen molar-refractivity contribution < 1.29 is 9.21 Å². The van der Waals surface area contributed by atoms with Gasteiger partial charge in [0.25, 0.3) is 5.91 Å². The van der Waals surface area contributed by atoms with E-state index in [2.05, 4.69) is 5.32 Å². The molecule has 6 heteroatoms. The van der Waals surface area contributed by atoms with Crippen LogP contribution in [-0.4, -0.2) is 5.91 Å². The number of amides is 1. The Morgan fingerprint density at radius 2 is 1.86 bits per heavy atom. The van der Waals surface area contributed by atoms with Crippen molar-refractivity contribution in [1.29, 1.82) is 5.26 Å². The Morgan fingerprint density at radius 3 is 2.54 bits per heavy atom. The molecule has 4 nitrogen and oxygen atoms in total. The lowest BCUT2D eigenvalue weighted by molar-refractivity contribution is -0.112. The largest absolute Gasteiger partial charge is 0.457 e. The van der Waals surface area contributed by atoms with Gasteiger partial charge in [-0.2, -0.15) is 5.26 Å². The van der Waals surface area contributed by atoms with Gasteiger partial charge < -0.3 is 9.73 Å². The fourth-order valence-electron chi connectivity index (χ4n) is 2.67. The Hall–Kier alpha value is -3.00. The molecule has 0 aliphatic carbocycles. The number of nitriles is 1. The first-order valence-electron chi connectivity index (χ1n) is 8.43. The number of hydrogen-bond acceptors (Lipinski definition) is 3. The summed E-state index contributed by atoms with van der Waals surface area (Å²) in [4.78, 5) is 12.5. The normalized spacial score (nSPS) is 11.2. The second-order valence-electron chi connectivity index (χ2n) is 6.27. The molecule has 0 unspecified atom stereocenters. The van der Waals surface area contributed by atoms with E-state index in [1.165, 1.54) is 6.08 Å². The van der Waals surface area contributed by atoms with Gasteiger partial charge >= 0.3 is 0 Å². The Labute approximate surface area is 173 Å². The predicted octanol–water partition coefficient (Wildman–Crippen LogP) is 6.42. The van der Waals surface area contributed by atoms with Crippen molar-refractivity contribution in [2.45, 2.75) is 13.8 Å². The molecule has 0 spiro atoms. The van der Waals surface area contributed by atoms with Gasteiger partial charge in [-0.1, -0.05) is 40.9 Å². The Balaban J connectivity index is 1.82. The molecule has 0 saturated heterocycles. The van der Waals surface area contributed by atoms with Crippen LogP contribution >= 0.6 is 23.2 Å². The van der Waals surface area contributed by atoms with E-state index >= 15 is 0 Å². The van der Waals surface area contributed by atoms with Crippen molar-refractivity contribution in [1.82, 2.24) is 0 Å². The molecule has 140 valence electrons. The van der Waals surface area contributed by atoms with Gasteiger partial charge in [0.2, 0.25) is 0 Å². The van der Waals surface area contributed by atoms with E-state index in [1.807, 2.05) is 38.1 Å². The zero-order valence-corrected chi connectivity index (χ0v) is 16.7. The molecule has 0 bridgehead atoms. The van der Waals surface area contributed by atoms with Gasteiger partial charge in [0, 0.05) is 17.3 Å². The zero-order chi connectivity index (χ0) is 20.3. The number of nitrogens with zero attached hydrogens (tertiary/aromatic N) is 1. The molecule has 0 radical (unpaired) electrons. The van der Waals surface area contributed by atoms with E-state index in [4.69, 9.17) is 27.6 Å². The molecule has 1 aromatic heterocycles. The second-order valence-corrected chi connectivity index (χ2v) is 7.09. The lowest BCUT2D eigenvalue weighted by Crippen LogP contribution is -2.14. The van der Waals surface area contributed by atoms with E-state index in [0.29, 0.717) is 27.3 Å². The summed E-state index contributed by atoms with van der Waals surface area (Å²) in [6.07, 6.45) is 1.40. The summed E-state index contributed by atoms with van der Waals surface area (Å²) in [5.41, 5.74) is 3.36. The third-order valence-electron chi connectivity index (χ3n) is 4.11. The van der Waals surface area contributed by atoms with Crippen LogP contribution in [0, 0.1) is 25.2 Å². The molecule has 1 amide bonds. The number of carbonyl (C=O) groups is 1. The Bertz CT molecular complexity index is 1120. The number of rotatable bonds is 4. The van der Waals surface area contributed by atoms with Gasteiger partial charge in [0.05, 0.1) is 10.0 Å². The smallest absolute Gasteiger partial charge is 0.266 e. The predicted molar refractivity (Wildman–Crippen MR) is 112 cm³/mol. The molecule has 3 aromatic rings. The maximum Gasteiger partial charge on any atom is 0.266 e. The highest BCUT2D eigenvalue weighted by Gasteiger charge is 2.13. The summed E-state index contributed by atoms with van der Waals surface area (Å²) in [5, 5.41) is 13.0. The molecule has 1 N–H and O–H groups in total. The van der Waals surface area contributed by atoms with Crippen LogP contribution in [0.3, 0.4) is 0 Å². The summed E-state index contributed by atoms with van der Waals surface area (Å²) in [6.45, 7) is 3.87. The number of aryl methyl sites for hydroxylation is 2. The summed E-state index contributed by atoms with van der Waals surface area (Å²) in [5.74, 6) is 0.437. The minimum atomic E-state index is -0.498. The van der Waals surface area contributed by atoms with E-state index in [0.717, 1.165) is 16.7 Å². The van der Waals surface area contributed by atoms with Crippen molar-refractivity contribution in [3.8, 4) is 17.4 Å². The van der Waals surface area contributed by atoms with Crippen molar-refractivity contribution in [2.75, 3.05) is 5.32 Å². The maximum atomic E-state index is 12.5. The van der Waals surface area contributed by atoms with Crippen molar-refractivity contribution in [3.63, 3.8) is 0 Å². The van der Waals surface area contributed by atoms with Crippen LogP contribution in [0.2, 0.25) is 10.0 Å². The molecule has 28 heavy (non-hydrogen) atoms. The van der Waals surface area contributed by atoms with Gasteiger partial charge in [-0.25, -0.2) is 0 Å². The maximum absolute atomic E-state index is 12.5. The molecule has 0 saturated carbocycles. The first-order valence-corrected chi connectivity index (χ1v) is 9.18. The molecular weight excluding hydrogens is 395 g/mol. The first kappa shape index (κ1) is 19.8. The Kier molecular flexibility index (Phi) is 5.89. The molecule has 1 heterocycles. The van der Waals surface area contributed by atoms with E-state index < -0.39 is 5.91 Å². The number of furan rings is 1. The van der Waals surface area contributed by atoms with E-state index in [9.17, 15) is 10.1 Å². The van der Waals surface area contributed by atoms with Crippen LogP contribution in [0.1, 0.15) is 16.9 Å². The molecule has 0 aliphatic rings. The van der Waals surface area contributed by atoms with Crippen LogP contribution in [0.5, 0.6) is 0 Å². The van der Waals surface area contributed by atoms with Crippen LogP contribution in [0.25, 0.3) is 17.4 Å². The number of nitrogens with one attached hydrogen (secondary N) is 1. The van der Waals surface area contributed by atoms with E-state index in [-0.39, 0.29) is 5.57 Å². The molecule has 0 fully saturated rings. The second kappa shape index (κ2) is 8.35. The van der Waals surface area contributed by atoms with E-state index in [1.54, 1.807) is 30.3 Å². The number of benzene rings is 2. The molecule has 0 atom stereocenters. The Morgan fingerprint density at radius 1 is 1.07 bits per heavy atom. The number of hydrogen-bond donors (Lipinski definition) is 1. The third kappa shape index (κ3) is 4.45. The standard InChI is InChI=1S/C22H16Cl2N2O2/c1-13-3-7-20(14(2)9-13)26-22(27)16(12-25)10-17-5-8-21(28-17)15-4-6-18(23)19(24)11-15/h3-11H,1-2H3,(H,26,27)/b16-10+. The van der Waals surface area contributed by atoms with Crippen molar-refractivity contribution >= 4 is 40.9 Å².